The van der Waals surface area contributed by atoms with Crippen LogP contribution in [-0.4, -0.2) is 28.9 Å². The van der Waals surface area contributed by atoms with Crippen LogP contribution in [0.25, 0.3) is 17.1 Å². The second-order valence-electron chi connectivity index (χ2n) is 6.72. The van der Waals surface area contributed by atoms with Gasteiger partial charge in [0.15, 0.2) is 11.0 Å². The summed E-state index contributed by atoms with van der Waals surface area (Å²) in [6.45, 7) is 0. The molecule has 0 N–H and O–H groups in total. The van der Waals surface area contributed by atoms with E-state index in [1.54, 1.807) is 16.7 Å². The molecule has 0 saturated heterocycles. The Morgan fingerprint density at radius 3 is 2.16 bits per heavy atom. The molecule has 0 aliphatic heterocycles. The predicted octanol–water partition coefficient (Wildman–Crippen LogP) is 5.36. The highest BCUT2D eigenvalue weighted by Gasteiger charge is 2.26. The Balaban J connectivity index is 1.63. The maximum Gasteiger partial charge on any atom is 0.341 e. The summed E-state index contributed by atoms with van der Waals surface area (Å²) in [5.41, 5.74) is 2.23. The molecular formula is C22H16F3N3O2S2. The quantitative estimate of drug-likeness (QED) is 0.337. The van der Waals surface area contributed by atoms with Gasteiger partial charge >= 0.3 is 5.76 Å². The Kier molecular flexibility index (Phi) is 6.33. The van der Waals surface area contributed by atoms with Gasteiger partial charge in [-0.25, -0.2) is 12.8 Å². The van der Waals surface area contributed by atoms with Gasteiger partial charge in [0.1, 0.15) is 5.82 Å². The second kappa shape index (κ2) is 9.17. The Morgan fingerprint density at radius 1 is 0.875 bits per heavy atom. The van der Waals surface area contributed by atoms with E-state index in [0.29, 0.717) is 22.4 Å². The Hall–Kier alpha value is -3.11. The Labute approximate surface area is 186 Å². The van der Waals surface area contributed by atoms with Crippen LogP contribution in [0, 0.1) is 5.82 Å². The minimum Gasteiger partial charge on any atom is -0.270 e. The lowest BCUT2D eigenvalue weighted by atomic mass is 10.2. The SMILES string of the molecule is O=S(=O)(c1ccc(CSc2nnc(-c3ccccc3)n2-c2ccc(F)cc2)cc1)C(F)F. The molecule has 1 heterocycles. The first kappa shape index (κ1) is 22.1. The number of benzene rings is 3. The van der Waals surface area contributed by atoms with Gasteiger partial charge in [0, 0.05) is 17.0 Å². The number of hydrogen-bond acceptors (Lipinski definition) is 5. The van der Waals surface area contributed by atoms with Crippen LogP contribution >= 0.6 is 11.8 Å². The van der Waals surface area contributed by atoms with Crippen molar-refractivity contribution in [2.45, 2.75) is 21.6 Å². The monoisotopic (exact) mass is 475 g/mol. The average Bonchev–Trinajstić information content (AvgIpc) is 3.23. The molecule has 32 heavy (non-hydrogen) atoms. The summed E-state index contributed by atoms with van der Waals surface area (Å²) in [5.74, 6) is -2.86. The summed E-state index contributed by atoms with van der Waals surface area (Å²) in [4.78, 5) is -0.429. The van der Waals surface area contributed by atoms with Gasteiger partial charge in [0.25, 0.3) is 0 Å². The normalized spacial score (nSPS) is 11.8. The van der Waals surface area contributed by atoms with Gasteiger partial charge in [0.2, 0.25) is 9.84 Å². The first-order chi connectivity index (χ1) is 15.4. The van der Waals surface area contributed by atoms with Gasteiger partial charge in [-0.1, -0.05) is 54.2 Å². The topological polar surface area (TPSA) is 64.8 Å². The minimum atomic E-state index is -4.63. The molecule has 0 aliphatic carbocycles. The Bertz CT molecular complexity index is 1310. The zero-order valence-corrected chi connectivity index (χ0v) is 18.0. The summed E-state index contributed by atoms with van der Waals surface area (Å²) in [5, 5.41) is 9.11. The molecule has 5 nitrogen and oxygen atoms in total. The molecule has 10 heteroatoms. The number of nitrogens with zero attached hydrogens (tertiary/aromatic N) is 3. The van der Waals surface area contributed by atoms with Crippen LogP contribution in [0.2, 0.25) is 0 Å². The molecule has 0 fully saturated rings. The maximum atomic E-state index is 13.5. The molecule has 0 amide bonds. The van der Waals surface area contributed by atoms with E-state index in [0.717, 1.165) is 23.3 Å². The average molecular weight is 476 g/mol. The van der Waals surface area contributed by atoms with E-state index in [2.05, 4.69) is 10.2 Å². The number of thioether (sulfide) groups is 1. The summed E-state index contributed by atoms with van der Waals surface area (Å²) in [6.07, 6.45) is 0. The molecule has 0 bridgehead atoms. The fourth-order valence-corrected chi connectivity index (χ4v) is 4.62. The number of hydrogen-bond donors (Lipinski definition) is 0. The molecule has 0 spiro atoms. The van der Waals surface area contributed by atoms with Crippen molar-refractivity contribution in [3.63, 3.8) is 0 Å². The van der Waals surface area contributed by atoms with Crippen LogP contribution in [-0.2, 0) is 15.6 Å². The van der Waals surface area contributed by atoms with Gasteiger partial charge in [-0.2, -0.15) is 8.78 Å². The van der Waals surface area contributed by atoms with Crippen LogP contribution < -0.4 is 0 Å². The molecule has 164 valence electrons. The van der Waals surface area contributed by atoms with Crippen LogP contribution in [0.5, 0.6) is 0 Å². The fourth-order valence-electron chi connectivity index (χ4n) is 2.99. The van der Waals surface area contributed by atoms with Crippen molar-refractivity contribution in [1.82, 2.24) is 14.8 Å². The molecule has 4 rings (SSSR count). The van der Waals surface area contributed by atoms with Crippen molar-refractivity contribution < 1.29 is 21.6 Å². The van der Waals surface area contributed by atoms with Crippen LogP contribution in [0.1, 0.15) is 5.56 Å². The number of aromatic nitrogens is 3. The zero-order valence-electron chi connectivity index (χ0n) is 16.4. The van der Waals surface area contributed by atoms with Gasteiger partial charge in [-0.05, 0) is 42.0 Å². The lowest BCUT2D eigenvalue weighted by molar-refractivity contribution is 0.234. The van der Waals surface area contributed by atoms with E-state index in [-0.39, 0.29) is 5.82 Å². The second-order valence-corrected chi connectivity index (χ2v) is 9.58. The third kappa shape index (κ3) is 4.56. The summed E-state index contributed by atoms with van der Waals surface area (Å²) in [6, 6.07) is 20.7. The smallest absolute Gasteiger partial charge is 0.270 e. The molecule has 0 unspecified atom stereocenters. The number of rotatable bonds is 7. The number of halogens is 3. The lowest BCUT2D eigenvalue weighted by Gasteiger charge is -2.11. The fraction of sp³-hybridized carbons (Fsp3) is 0.0909. The molecule has 0 aliphatic rings. The number of alkyl halides is 2. The van der Waals surface area contributed by atoms with Crippen LogP contribution in [0.3, 0.4) is 0 Å². The van der Waals surface area contributed by atoms with E-state index in [4.69, 9.17) is 0 Å². The highest BCUT2D eigenvalue weighted by atomic mass is 32.2. The van der Waals surface area contributed by atoms with E-state index in [1.165, 1.54) is 36.0 Å². The summed E-state index contributed by atoms with van der Waals surface area (Å²) < 4.78 is 63.8. The van der Waals surface area contributed by atoms with Crippen LogP contribution in [0.4, 0.5) is 13.2 Å². The molecule has 0 saturated carbocycles. The molecule has 1 aromatic heterocycles. The standard InChI is InChI=1S/C22H16F3N3O2S2/c23-17-8-10-18(11-9-17)28-20(16-4-2-1-3-5-16)26-27-22(28)31-14-15-6-12-19(13-7-15)32(29,30)21(24)25/h1-13,21H,14H2. The third-order valence-corrected chi connectivity index (χ3v) is 7.00. The van der Waals surface area contributed by atoms with Crippen molar-refractivity contribution in [1.29, 1.82) is 0 Å². The molecule has 3 aromatic carbocycles. The maximum absolute atomic E-state index is 13.5. The predicted molar refractivity (Wildman–Crippen MR) is 116 cm³/mol. The van der Waals surface area contributed by atoms with Crippen molar-refractivity contribution in [3.05, 3.63) is 90.2 Å². The minimum absolute atomic E-state index is 0.365. The van der Waals surface area contributed by atoms with Gasteiger partial charge < -0.3 is 0 Å². The van der Waals surface area contributed by atoms with Crippen molar-refractivity contribution >= 4 is 21.6 Å². The zero-order chi connectivity index (χ0) is 22.7. The largest absolute Gasteiger partial charge is 0.341 e. The van der Waals surface area contributed by atoms with Crippen molar-refractivity contribution in [3.8, 4) is 17.1 Å². The van der Waals surface area contributed by atoms with Crippen molar-refractivity contribution in [2.24, 2.45) is 0 Å². The third-order valence-electron chi connectivity index (χ3n) is 4.60. The molecule has 0 radical (unpaired) electrons. The highest BCUT2D eigenvalue weighted by Crippen LogP contribution is 2.30. The van der Waals surface area contributed by atoms with E-state index in [1.807, 2.05) is 30.3 Å². The summed E-state index contributed by atoms with van der Waals surface area (Å²) in [7, 11) is -4.63. The van der Waals surface area contributed by atoms with Crippen LogP contribution in [0.15, 0.2) is 88.9 Å². The van der Waals surface area contributed by atoms with Gasteiger partial charge in [-0.3, -0.25) is 4.57 Å². The van der Waals surface area contributed by atoms with Crippen molar-refractivity contribution in [2.75, 3.05) is 0 Å². The Morgan fingerprint density at radius 2 is 1.53 bits per heavy atom. The van der Waals surface area contributed by atoms with E-state index < -0.39 is 20.5 Å². The highest BCUT2D eigenvalue weighted by molar-refractivity contribution is 7.98. The van der Waals surface area contributed by atoms with Gasteiger partial charge in [0.05, 0.1) is 4.90 Å². The molecule has 4 aromatic rings. The van der Waals surface area contributed by atoms with E-state index >= 15 is 0 Å². The number of sulfone groups is 1. The molecular weight excluding hydrogens is 459 g/mol. The van der Waals surface area contributed by atoms with Gasteiger partial charge in [-0.15, -0.1) is 10.2 Å². The first-order valence-corrected chi connectivity index (χ1v) is 11.9. The van der Waals surface area contributed by atoms with E-state index in [9.17, 15) is 21.6 Å². The first-order valence-electron chi connectivity index (χ1n) is 9.37. The molecule has 0 atom stereocenters. The summed E-state index contributed by atoms with van der Waals surface area (Å²) >= 11 is 1.33. The lowest BCUT2D eigenvalue weighted by Crippen LogP contribution is -2.11.